The number of nitrogens with one attached hydrogen (secondary N) is 1. The number of thioether (sulfide) groups is 1. The van der Waals surface area contributed by atoms with E-state index in [-0.39, 0.29) is 0 Å². The zero-order valence-corrected chi connectivity index (χ0v) is 17.1. The minimum absolute atomic E-state index is 0.291. The van der Waals surface area contributed by atoms with Crippen molar-refractivity contribution in [1.29, 1.82) is 0 Å². The second kappa shape index (κ2) is 9.65. The Morgan fingerprint density at radius 2 is 1.92 bits per heavy atom. The number of ether oxygens (including phenoxy) is 1. The van der Waals surface area contributed by atoms with Crippen molar-refractivity contribution in [2.24, 2.45) is 10.9 Å². The number of benzene rings is 1. The van der Waals surface area contributed by atoms with Crippen LogP contribution in [0, 0.1) is 5.92 Å². The number of guanidine groups is 1. The van der Waals surface area contributed by atoms with Crippen molar-refractivity contribution in [3.8, 4) is 0 Å². The Bertz CT molecular complexity index is 564. The number of hydrogen-bond donors (Lipinski definition) is 1. The molecule has 0 saturated carbocycles. The third-order valence-corrected chi connectivity index (χ3v) is 7.32. The van der Waals surface area contributed by atoms with Gasteiger partial charge in [0.2, 0.25) is 0 Å². The van der Waals surface area contributed by atoms with Gasteiger partial charge in [0.05, 0.1) is 0 Å². The number of piperidine rings is 1. The minimum Gasteiger partial charge on any atom is -0.381 e. The summed E-state index contributed by atoms with van der Waals surface area (Å²) in [6.45, 7) is 4.95. The molecule has 2 fully saturated rings. The molecule has 2 heterocycles. The SMILES string of the molecule is CN=C(NCC1(SC)CCOCC1)N1CCC(Cc2ccccc2)CC1. The van der Waals surface area contributed by atoms with Crippen LogP contribution in [-0.2, 0) is 11.2 Å². The van der Waals surface area contributed by atoms with Crippen LogP contribution in [-0.4, -0.2) is 61.8 Å². The van der Waals surface area contributed by atoms with Crippen molar-refractivity contribution >= 4 is 17.7 Å². The number of nitrogens with zero attached hydrogens (tertiary/aromatic N) is 2. The number of aliphatic imine (C=N–C) groups is 1. The standard InChI is InChI=1S/C21H33N3OS/c1-22-20(23-17-21(26-2)10-14-25-15-11-21)24-12-8-19(9-13-24)16-18-6-4-3-5-7-18/h3-7,19H,8-17H2,1-2H3,(H,22,23). The van der Waals surface area contributed by atoms with E-state index < -0.39 is 0 Å². The molecule has 0 radical (unpaired) electrons. The quantitative estimate of drug-likeness (QED) is 0.632. The Morgan fingerprint density at radius 1 is 1.23 bits per heavy atom. The molecule has 144 valence electrons. The molecule has 0 unspecified atom stereocenters. The lowest BCUT2D eigenvalue weighted by molar-refractivity contribution is 0.0780. The van der Waals surface area contributed by atoms with Gasteiger partial charge in [0.1, 0.15) is 0 Å². The molecule has 0 bridgehead atoms. The average Bonchev–Trinajstić information content (AvgIpc) is 2.71. The van der Waals surface area contributed by atoms with Crippen LogP contribution in [0.2, 0.25) is 0 Å². The summed E-state index contributed by atoms with van der Waals surface area (Å²) in [5.41, 5.74) is 1.47. The van der Waals surface area contributed by atoms with Gasteiger partial charge < -0.3 is 15.0 Å². The second-order valence-corrected chi connectivity index (χ2v) is 8.79. The Kier molecular flexibility index (Phi) is 7.26. The predicted octanol–water partition coefficient (Wildman–Crippen LogP) is 3.43. The van der Waals surface area contributed by atoms with Gasteiger partial charge >= 0.3 is 0 Å². The molecule has 3 rings (SSSR count). The van der Waals surface area contributed by atoms with Crippen LogP contribution >= 0.6 is 11.8 Å². The Morgan fingerprint density at radius 3 is 2.54 bits per heavy atom. The van der Waals surface area contributed by atoms with E-state index in [0.717, 1.165) is 57.6 Å². The van der Waals surface area contributed by atoms with Crippen LogP contribution in [0.4, 0.5) is 0 Å². The molecule has 2 aliphatic heterocycles. The third-order valence-electron chi connectivity index (χ3n) is 5.90. The zero-order valence-electron chi connectivity index (χ0n) is 16.2. The molecular formula is C21H33N3OS. The normalized spacial score (nSPS) is 21.6. The summed E-state index contributed by atoms with van der Waals surface area (Å²) >= 11 is 1.98. The zero-order chi connectivity index (χ0) is 18.2. The predicted molar refractivity (Wildman–Crippen MR) is 112 cm³/mol. The molecule has 26 heavy (non-hydrogen) atoms. The van der Waals surface area contributed by atoms with Crippen molar-refractivity contribution in [2.45, 2.75) is 36.9 Å². The molecule has 0 aliphatic carbocycles. The topological polar surface area (TPSA) is 36.9 Å². The maximum absolute atomic E-state index is 5.55. The van der Waals surface area contributed by atoms with Crippen molar-refractivity contribution in [1.82, 2.24) is 10.2 Å². The molecule has 1 N–H and O–H groups in total. The Balaban J connectivity index is 1.47. The van der Waals surface area contributed by atoms with Crippen LogP contribution in [0.3, 0.4) is 0 Å². The number of likely N-dealkylation sites (tertiary alicyclic amines) is 1. The van der Waals surface area contributed by atoms with Gasteiger partial charge in [0.15, 0.2) is 5.96 Å². The first-order valence-corrected chi connectivity index (χ1v) is 11.1. The highest BCUT2D eigenvalue weighted by molar-refractivity contribution is 8.00. The van der Waals surface area contributed by atoms with E-state index in [0.29, 0.717) is 4.75 Å². The maximum Gasteiger partial charge on any atom is 0.193 e. The maximum atomic E-state index is 5.55. The third kappa shape index (κ3) is 5.17. The first kappa shape index (κ1) is 19.6. The highest BCUT2D eigenvalue weighted by Gasteiger charge is 2.32. The van der Waals surface area contributed by atoms with Crippen LogP contribution in [0.25, 0.3) is 0 Å². The van der Waals surface area contributed by atoms with Crippen molar-refractivity contribution in [3.05, 3.63) is 35.9 Å². The van der Waals surface area contributed by atoms with E-state index >= 15 is 0 Å². The average molecular weight is 376 g/mol. The summed E-state index contributed by atoms with van der Waals surface area (Å²) < 4.78 is 5.85. The molecule has 0 atom stereocenters. The van der Waals surface area contributed by atoms with Crippen LogP contribution in [0.1, 0.15) is 31.2 Å². The van der Waals surface area contributed by atoms with Gasteiger partial charge in [0.25, 0.3) is 0 Å². The smallest absolute Gasteiger partial charge is 0.193 e. The van der Waals surface area contributed by atoms with Gasteiger partial charge in [-0.25, -0.2) is 0 Å². The van der Waals surface area contributed by atoms with E-state index in [1.165, 1.54) is 24.8 Å². The summed E-state index contributed by atoms with van der Waals surface area (Å²) in [5, 5.41) is 3.66. The fourth-order valence-electron chi connectivity index (χ4n) is 4.07. The minimum atomic E-state index is 0.291. The molecule has 5 heteroatoms. The van der Waals surface area contributed by atoms with Crippen LogP contribution in [0.5, 0.6) is 0 Å². The monoisotopic (exact) mass is 375 g/mol. The van der Waals surface area contributed by atoms with Crippen molar-refractivity contribution in [2.75, 3.05) is 46.2 Å². The van der Waals surface area contributed by atoms with Crippen LogP contribution in [0.15, 0.2) is 35.3 Å². The molecule has 1 aromatic rings. The molecule has 2 saturated heterocycles. The lowest BCUT2D eigenvalue weighted by Crippen LogP contribution is -2.51. The number of rotatable bonds is 5. The fourth-order valence-corrected chi connectivity index (χ4v) is 4.86. The molecule has 4 nitrogen and oxygen atoms in total. The summed E-state index contributed by atoms with van der Waals surface area (Å²) in [6.07, 6.45) is 8.17. The molecule has 0 spiro atoms. The molecule has 0 aromatic heterocycles. The fraction of sp³-hybridized carbons (Fsp3) is 0.667. The first-order chi connectivity index (χ1) is 12.7. The summed E-state index contributed by atoms with van der Waals surface area (Å²) in [7, 11) is 1.91. The largest absolute Gasteiger partial charge is 0.381 e. The lowest BCUT2D eigenvalue weighted by Gasteiger charge is -2.39. The van der Waals surface area contributed by atoms with Gasteiger partial charge in [-0.15, -0.1) is 0 Å². The molecule has 0 amide bonds. The lowest BCUT2D eigenvalue weighted by atomic mass is 9.90. The van der Waals surface area contributed by atoms with E-state index in [1.54, 1.807) is 0 Å². The second-order valence-electron chi connectivity index (χ2n) is 7.52. The summed E-state index contributed by atoms with van der Waals surface area (Å²) in [4.78, 5) is 7.00. The van der Waals surface area contributed by atoms with Gasteiger partial charge in [-0.2, -0.15) is 11.8 Å². The highest BCUT2D eigenvalue weighted by atomic mass is 32.2. The van der Waals surface area contributed by atoms with E-state index in [2.05, 4.69) is 51.8 Å². The summed E-state index contributed by atoms with van der Waals surface area (Å²) in [5.74, 6) is 1.86. The highest BCUT2D eigenvalue weighted by Crippen LogP contribution is 2.33. The van der Waals surface area contributed by atoms with Crippen LogP contribution < -0.4 is 5.32 Å². The van der Waals surface area contributed by atoms with Gasteiger partial charge in [-0.05, 0) is 49.8 Å². The van der Waals surface area contributed by atoms with Gasteiger partial charge in [-0.3, -0.25) is 4.99 Å². The van der Waals surface area contributed by atoms with Crippen molar-refractivity contribution < 1.29 is 4.74 Å². The van der Waals surface area contributed by atoms with E-state index in [9.17, 15) is 0 Å². The first-order valence-electron chi connectivity index (χ1n) is 9.87. The Hall–Kier alpha value is -1.20. The molecule has 2 aliphatic rings. The molecule has 1 aromatic carbocycles. The van der Waals surface area contributed by atoms with Crippen molar-refractivity contribution in [3.63, 3.8) is 0 Å². The van der Waals surface area contributed by atoms with Gasteiger partial charge in [-0.1, -0.05) is 30.3 Å². The summed E-state index contributed by atoms with van der Waals surface area (Å²) in [6, 6.07) is 10.9. The molecular weight excluding hydrogens is 342 g/mol. The Labute approximate surface area is 162 Å². The van der Waals surface area contributed by atoms with E-state index in [1.807, 2.05) is 18.8 Å². The van der Waals surface area contributed by atoms with Gasteiger partial charge in [0, 0.05) is 44.6 Å². The van der Waals surface area contributed by atoms with E-state index in [4.69, 9.17) is 4.74 Å². The number of hydrogen-bond acceptors (Lipinski definition) is 3.